The first-order valence-corrected chi connectivity index (χ1v) is 16.2. The van der Waals surface area contributed by atoms with E-state index < -0.39 is 11.0 Å². The summed E-state index contributed by atoms with van der Waals surface area (Å²) in [6.07, 6.45) is 0.805. The van der Waals surface area contributed by atoms with Gasteiger partial charge in [0.25, 0.3) is 0 Å². The second-order valence-electron chi connectivity index (χ2n) is 14.0. The summed E-state index contributed by atoms with van der Waals surface area (Å²) in [4.78, 5) is 34.3. The molecule has 0 radical (unpaired) electrons. The average Bonchev–Trinajstić information content (AvgIpc) is 3.68. The Morgan fingerprint density at radius 1 is 1.06 bits per heavy atom. The number of carbonyl (C=O) groups excluding carboxylic acids is 2. The van der Waals surface area contributed by atoms with Gasteiger partial charge < -0.3 is 28.7 Å². The Balaban J connectivity index is 1.23. The molecule has 2 aromatic carbocycles. The van der Waals surface area contributed by atoms with Crippen molar-refractivity contribution in [3.05, 3.63) is 76.1 Å². The Hall–Kier alpha value is -4.18. The van der Waals surface area contributed by atoms with Crippen LogP contribution in [0, 0.1) is 31.0 Å². The van der Waals surface area contributed by atoms with Crippen LogP contribution in [0.25, 0.3) is 11.3 Å². The summed E-state index contributed by atoms with van der Waals surface area (Å²) in [5.74, 6) is 1.11. The number of esters is 1. The van der Waals surface area contributed by atoms with E-state index in [-0.39, 0.29) is 36.4 Å². The van der Waals surface area contributed by atoms with Crippen LogP contribution < -0.4 is 9.64 Å². The highest BCUT2D eigenvalue weighted by atomic mass is 19.1. The number of fused-ring (bicyclic) bond motifs is 2. The van der Waals surface area contributed by atoms with Gasteiger partial charge in [-0.2, -0.15) is 0 Å². The highest BCUT2D eigenvalue weighted by Crippen LogP contribution is 2.62. The highest BCUT2D eigenvalue weighted by molar-refractivity contribution is 5.84. The lowest BCUT2D eigenvalue weighted by atomic mass is 9.92. The van der Waals surface area contributed by atoms with Gasteiger partial charge in [0.1, 0.15) is 29.6 Å². The molecule has 0 bridgehead atoms. The minimum atomic E-state index is -0.599. The second kappa shape index (κ2) is 12.4. The number of methoxy groups -OCH3 is 2. The number of aryl methyl sites for hydroxylation is 2. The van der Waals surface area contributed by atoms with Crippen LogP contribution in [0.2, 0.25) is 0 Å². The number of anilines is 1. The van der Waals surface area contributed by atoms with Gasteiger partial charge in [0, 0.05) is 37.9 Å². The normalized spacial score (nSPS) is 21.6. The minimum absolute atomic E-state index is 0.0403. The molecule has 47 heavy (non-hydrogen) atoms. The molecule has 3 atom stereocenters. The summed E-state index contributed by atoms with van der Waals surface area (Å²) in [6, 6.07) is 13.4. The summed E-state index contributed by atoms with van der Waals surface area (Å²) in [6.45, 7) is 11.2. The van der Waals surface area contributed by atoms with Crippen LogP contribution in [0.15, 0.2) is 42.5 Å². The number of pyridine rings is 1. The third-order valence-electron chi connectivity index (χ3n) is 9.73. The molecule has 3 aliphatic rings. The number of carbonyl (C=O) groups is 2. The Bertz CT molecular complexity index is 1700. The first-order valence-electron chi connectivity index (χ1n) is 16.2. The topological polar surface area (TPSA) is 90.4 Å². The minimum Gasteiger partial charge on any atom is -0.488 e. The number of benzene rings is 2. The highest BCUT2D eigenvalue weighted by Gasteiger charge is 2.71. The van der Waals surface area contributed by atoms with E-state index in [0.29, 0.717) is 49.5 Å². The molecular weight excluding hydrogens is 601 g/mol. The van der Waals surface area contributed by atoms with E-state index in [0.717, 1.165) is 40.2 Å². The zero-order chi connectivity index (χ0) is 33.7. The zero-order valence-electron chi connectivity index (χ0n) is 28.3. The summed E-state index contributed by atoms with van der Waals surface area (Å²) >= 11 is 0. The number of rotatable bonds is 8. The van der Waals surface area contributed by atoms with Gasteiger partial charge in [-0.05, 0) is 99.9 Å². The van der Waals surface area contributed by atoms with Gasteiger partial charge in [0.2, 0.25) is 0 Å². The Labute approximate surface area is 276 Å². The number of piperidine rings is 1. The lowest BCUT2D eigenvalue weighted by molar-refractivity contribution is -0.148. The second-order valence-corrected chi connectivity index (χ2v) is 14.0. The quantitative estimate of drug-likeness (QED) is 0.261. The summed E-state index contributed by atoms with van der Waals surface area (Å²) < 4.78 is 38.7. The molecule has 1 aliphatic carbocycles. The Kier molecular flexibility index (Phi) is 8.67. The molecule has 0 N–H and O–H groups in total. The van der Waals surface area contributed by atoms with Gasteiger partial charge in [0.05, 0.1) is 30.9 Å². The van der Waals surface area contributed by atoms with Crippen molar-refractivity contribution in [2.75, 3.05) is 38.8 Å². The van der Waals surface area contributed by atoms with E-state index in [1.807, 2.05) is 77.1 Å². The van der Waals surface area contributed by atoms with Gasteiger partial charge in [-0.25, -0.2) is 14.2 Å². The van der Waals surface area contributed by atoms with Gasteiger partial charge in [-0.3, -0.25) is 4.79 Å². The van der Waals surface area contributed by atoms with Gasteiger partial charge in [-0.1, -0.05) is 18.2 Å². The molecule has 2 aliphatic heterocycles. The summed E-state index contributed by atoms with van der Waals surface area (Å²) in [5.41, 5.74) is 4.08. The third kappa shape index (κ3) is 6.04. The third-order valence-corrected chi connectivity index (χ3v) is 9.73. The number of aromatic nitrogens is 1. The van der Waals surface area contributed by atoms with Crippen LogP contribution in [0.4, 0.5) is 15.0 Å². The molecule has 0 spiro atoms. The number of amides is 1. The first kappa shape index (κ1) is 32.7. The predicted octanol–water partition coefficient (Wildman–Crippen LogP) is 6.39. The molecule has 3 heterocycles. The SMILES string of the molecule is COC[C@H]1N(c2cccc(-c3cccc(C)c3OCc3cc(C)c4c(c3F)CCN(C(=O)OC(C)(C)C)C4)n2)C[C@@H]2C[C@@]21C(=O)OC. The number of hydrogen-bond acceptors (Lipinski definition) is 8. The maximum absolute atomic E-state index is 16.0. The number of para-hydroxylation sites is 1. The van der Waals surface area contributed by atoms with Crippen LogP contribution in [0.5, 0.6) is 5.75 Å². The standard InChI is InChI=1S/C37H44FN3O6/c1-22-10-8-11-27(29-12-9-13-31(39-29)41-18-25-17-37(25,34(42)45-7)30(41)21-44-6)33(22)46-20-24-16-23(2)28-19-40(15-14-26(28)32(24)38)35(43)47-36(3,4)5/h8-13,16,25,30H,14-15,17-21H2,1-7H3/t25-,30+,37+/m0/s1. The van der Waals surface area contributed by atoms with E-state index in [1.165, 1.54) is 7.11 Å². The van der Waals surface area contributed by atoms with Crippen LogP contribution in [-0.2, 0) is 38.6 Å². The molecule has 10 heteroatoms. The fourth-order valence-corrected chi connectivity index (χ4v) is 7.34. The predicted molar refractivity (Wildman–Crippen MR) is 176 cm³/mol. The molecule has 9 nitrogen and oxygen atoms in total. The van der Waals surface area contributed by atoms with E-state index in [1.54, 1.807) is 12.0 Å². The van der Waals surface area contributed by atoms with Crippen molar-refractivity contribution in [1.29, 1.82) is 0 Å². The molecule has 3 aromatic rings. The van der Waals surface area contributed by atoms with Gasteiger partial charge >= 0.3 is 12.1 Å². The van der Waals surface area contributed by atoms with Crippen molar-refractivity contribution in [3.8, 4) is 17.0 Å². The van der Waals surface area contributed by atoms with E-state index in [4.69, 9.17) is 23.9 Å². The number of hydrogen-bond donors (Lipinski definition) is 0. The monoisotopic (exact) mass is 645 g/mol. The summed E-state index contributed by atoms with van der Waals surface area (Å²) in [5, 5.41) is 0. The van der Waals surface area contributed by atoms with E-state index >= 15 is 4.39 Å². The lowest BCUT2D eigenvalue weighted by Gasteiger charge is -2.32. The van der Waals surface area contributed by atoms with Crippen LogP contribution in [0.3, 0.4) is 0 Å². The lowest BCUT2D eigenvalue weighted by Crippen LogP contribution is -2.44. The molecular formula is C37H44FN3O6. The molecule has 0 unspecified atom stereocenters. The van der Waals surface area contributed by atoms with Crippen molar-refractivity contribution in [2.24, 2.45) is 11.3 Å². The van der Waals surface area contributed by atoms with Crippen molar-refractivity contribution < 1.29 is 32.9 Å². The molecule has 1 amide bonds. The molecule has 2 fully saturated rings. The Morgan fingerprint density at radius 3 is 2.55 bits per heavy atom. The maximum atomic E-state index is 16.0. The van der Waals surface area contributed by atoms with Crippen LogP contribution in [-0.4, -0.2) is 67.5 Å². The maximum Gasteiger partial charge on any atom is 0.410 e. The largest absolute Gasteiger partial charge is 0.488 e. The fourth-order valence-electron chi connectivity index (χ4n) is 7.34. The van der Waals surface area contributed by atoms with Crippen LogP contribution >= 0.6 is 0 Å². The molecule has 250 valence electrons. The molecule has 1 saturated heterocycles. The number of nitrogens with zero attached hydrogens (tertiary/aromatic N) is 3. The smallest absolute Gasteiger partial charge is 0.410 e. The Morgan fingerprint density at radius 2 is 1.83 bits per heavy atom. The number of halogens is 1. The van der Waals surface area contributed by atoms with Crippen molar-refractivity contribution in [1.82, 2.24) is 9.88 Å². The van der Waals surface area contributed by atoms with Crippen molar-refractivity contribution in [3.63, 3.8) is 0 Å². The molecule has 1 saturated carbocycles. The summed E-state index contributed by atoms with van der Waals surface area (Å²) in [7, 11) is 3.08. The van der Waals surface area contributed by atoms with Gasteiger partial charge in [-0.15, -0.1) is 0 Å². The van der Waals surface area contributed by atoms with E-state index in [2.05, 4.69) is 4.90 Å². The van der Waals surface area contributed by atoms with Crippen LogP contribution in [0.1, 0.15) is 55.0 Å². The van der Waals surface area contributed by atoms with Crippen molar-refractivity contribution in [2.45, 2.75) is 72.3 Å². The zero-order valence-corrected chi connectivity index (χ0v) is 28.3. The molecule has 1 aromatic heterocycles. The average molecular weight is 646 g/mol. The van der Waals surface area contributed by atoms with E-state index in [9.17, 15) is 9.59 Å². The first-order chi connectivity index (χ1) is 22.4. The fraction of sp³-hybridized carbons (Fsp3) is 0.486. The van der Waals surface area contributed by atoms with Crippen molar-refractivity contribution >= 4 is 17.9 Å². The number of ether oxygens (including phenoxy) is 4. The molecule has 6 rings (SSSR count). The van der Waals surface area contributed by atoms with Gasteiger partial charge in [0.15, 0.2) is 0 Å².